The summed E-state index contributed by atoms with van der Waals surface area (Å²) >= 11 is 0. The maximum absolute atomic E-state index is 11.3. The van der Waals surface area contributed by atoms with E-state index in [4.69, 9.17) is 11.2 Å². The van der Waals surface area contributed by atoms with E-state index >= 15 is 0 Å². The summed E-state index contributed by atoms with van der Waals surface area (Å²) in [7, 11) is 1.56. The van der Waals surface area contributed by atoms with E-state index in [0.717, 1.165) is 0 Å². The van der Waals surface area contributed by atoms with Crippen LogP contribution < -0.4 is 10.1 Å². The molecule has 4 nitrogen and oxygen atoms in total. The lowest BCUT2D eigenvalue weighted by Crippen LogP contribution is -2.46. The minimum absolute atomic E-state index is 0.189. The molecule has 0 saturated carbocycles. The van der Waals surface area contributed by atoms with Crippen LogP contribution in [0.4, 0.5) is 0 Å². The standard InChI is InChI=1S/C13H15NO3/c1-4-9-14-13(2,12(15)16)10-5-7-11(17-3)8-6-10/h1,5-8,14H,9H2,2-3H3,(H,15,16). The first-order valence-electron chi connectivity index (χ1n) is 5.11. The molecule has 17 heavy (non-hydrogen) atoms. The van der Waals surface area contributed by atoms with Gasteiger partial charge in [-0.05, 0) is 24.6 Å². The average molecular weight is 233 g/mol. The van der Waals surface area contributed by atoms with Gasteiger partial charge in [0.2, 0.25) is 0 Å². The fourth-order valence-electron chi connectivity index (χ4n) is 1.45. The molecule has 0 saturated heterocycles. The lowest BCUT2D eigenvalue weighted by molar-refractivity contribution is -0.144. The largest absolute Gasteiger partial charge is 0.497 e. The zero-order valence-electron chi connectivity index (χ0n) is 9.86. The highest BCUT2D eigenvalue weighted by molar-refractivity contribution is 5.80. The van der Waals surface area contributed by atoms with Crippen molar-refractivity contribution in [1.82, 2.24) is 5.32 Å². The minimum Gasteiger partial charge on any atom is -0.497 e. The zero-order valence-corrected chi connectivity index (χ0v) is 9.86. The number of ether oxygens (including phenoxy) is 1. The van der Waals surface area contributed by atoms with Crippen LogP contribution in [0.15, 0.2) is 24.3 Å². The van der Waals surface area contributed by atoms with Crippen molar-refractivity contribution < 1.29 is 14.6 Å². The zero-order chi connectivity index (χ0) is 12.9. The van der Waals surface area contributed by atoms with E-state index in [1.807, 2.05) is 0 Å². The molecule has 4 heteroatoms. The van der Waals surface area contributed by atoms with Gasteiger partial charge in [-0.15, -0.1) is 6.42 Å². The summed E-state index contributed by atoms with van der Waals surface area (Å²) in [6.45, 7) is 1.77. The highest BCUT2D eigenvalue weighted by Crippen LogP contribution is 2.23. The van der Waals surface area contributed by atoms with Crippen LogP contribution in [0.1, 0.15) is 12.5 Å². The highest BCUT2D eigenvalue weighted by Gasteiger charge is 2.34. The summed E-state index contributed by atoms with van der Waals surface area (Å²) in [5.74, 6) is 2.08. The molecule has 0 aliphatic carbocycles. The monoisotopic (exact) mass is 233 g/mol. The summed E-state index contributed by atoms with van der Waals surface area (Å²) in [5.41, 5.74) is -0.570. The van der Waals surface area contributed by atoms with Crippen LogP contribution in [-0.2, 0) is 10.3 Å². The number of carbonyl (C=O) groups is 1. The maximum Gasteiger partial charge on any atom is 0.328 e. The number of rotatable bonds is 5. The van der Waals surface area contributed by atoms with E-state index < -0.39 is 11.5 Å². The number of terminal acetylenes is 1. The quantitative estimate of drug-likeness (QED) is 0.751. The molecule has 1 rings (SSSR count). The molecular weight excluding hydrogens is 218 g/mol. The van der Waals surface area contributed by atoms with Crippen LogP contribution in [0.3, 0.4) is 0 Å². The van der Waals surface area contributed by atoms with Gasteiger partial charge in [-0.3, -0.25) is 5.32 Å². The maximum atomic E-state index is 11.3. The Balaban J connectivity index is 3.05. The molecule has 0 aromatic heterocycles. The van der Waals surface area contributed by atoms with Crippen LogP contribution in [0.5, 0.6) is 5.75 Å². The Morgan fingerprint density at radius 1 is 1.53 bits per heavy atom. The number of methoxy groups -OCH3 is 1. The number of hydrogen-bond acceptors (Lipinski definition) is 3. The van der Waals surface area contributed by atoms with Crippen LogP contribution in [-0.4, -0.2) is 24.7 Å². The normalized spacial score (nSPS) is 13.5. The molecule has 2 N–H and O–H groups in total. The van der Waals surface area contributed by atoms with Crippen molar-refractivity contribution in [2.75, 3.05) is 13.7 Å². The Bertz CT molecular complexity index is 433. The molecule has 1 unspecified atom stereocenters. The van der Waals surface area contributed by atoms with Crippen LogP contribution in [0.2, 0.25) is 0 Å². The number of benzene rings is 1. The Morgan fingerprint density at radius 2 is 2.12 bits per heavy atom. The molecule has 0 aliphatic heterocycles. The number of carboxylic acid groups (broad SMARTS) is 1. The van der Waals surface area contributed by atoms with Gasteiger partial charge in [0.25, 0.3) is 0 Å². The third-order valence-electron chi connectivity index (χ3n) is 2.64. The molecular formula is C13H15NO3. The third kappa shape index (κ3) is 2.77. The molecule has 0 fully saturated rings. The summed E-state index contributed by atoms with van der Waals surface area (Å²) in [6.07, 6.45) is 5.13. The first-order valence-corrected chi connectivity index (χ1v) is 5.11. The van der Waals surface area contributed by atoms with Crippen molar-refractivity contribution in [1.29, 1.82) is 0 Å². The van der Waals surface area contributed by atoms with Gasteiger partial charge in [0.15, 0.2) is 0 Å². The summed E-state index contributed by atoms with van der Waals surface area (Å²) in [6, 6.07) is 6.84. The van der Waals surface area contributed by atoms with E-state index in [0.29, 0.717) is 11.3 Å². The van der Waals surface area contributed by atoms with Gasteiger partial charge in [-0.25, -0.2) is 4.79 Å². The summed E-state index contributed by atoms with van der Waals surface area (Å²) in [5, 5.41) is 12.1. The molecule has 1 aromatic rings. The van der Waals surface area contributed by atoms with Gasteiger partial charge in [0.05, 0.1) is 13.7 Å². The molecule has 0 spiro atoms. The van der Waals surface area contributed by atoms with Crippen LogP contribution >= 0.6 is 0 Å². The summed E-state index contributed by atoms with van der Waals surface area (Å²) < 4.78 is 5.02. The Morgan fingerprint density at radius 3 is 2.53 bits per heavy atom. The van der Waals surface area contributed by atoms with Crippen LogP contribution in [0, 0.1) is 12.3 Å². The van der Waals surface area contributed by atoms with Crippen molar-refractivity contribution in [2.24, 2.45) is 0 Å². The third-order valence-corrected chi connectivity index (χ3v) is 2.64. The molecule has 0 heterocycles. The Hall–Kier alpha value is -1.99. The van der Waals surface area contributed by atoms with E-state index in [9.17, 15) is 9.90 Å². The van der Waals surface area contributed by atoms with Gasteiger partial charge < -0.3 is 9.84 Å². The highest BCUT2D eigenvalue weighted by atomic mass is 16.5. The molecule has 0 radical (unpaired) electrons. The minimum atomic E-state index is -1.20. The lowest BCUT2D eigenvalue weighted by atomic mass is 9.92. The first-order chi connectivity index (χ1) is 8.04. The molecule has 90 valence electrons. The van der Waals surface area contributed by atoms with E-state index in [1.165, 1.54) is 0 Å². The van der Waals surface area contributed by atoms with Gasteiger partial charge in [-0.2, -0.15) is 0 Å². The van der Waals surface area contributed by atoms with E-state index in [1.54, 1.807) is 38.3 Å². The van der Waals surface area contributed by atoms with Crippen molar-refractivity contribution in [3.63, 3.8) is 0 Å². The fourth-order valence-corrected chi connectivity index (χ4v) is 1.45. The number of hydrogen-bond donors (Lipinski definition) is 2. The predicted molar refractivity (Wildman–Crippen MR) is 64.8 cm³/mol. The van der Waals surface area contributed by atoms with E-state index in [-0.39, 0.29) is 6.54 Å². The number of nitrogens with one attached hydrogen (secondary N) is 1. The molecule has 0 aliphatic rings. The van der Waals surface area contributed by atoms with Gasteiger partial charge in [-0.1, -0.05) is 18.1 Å². The predicted octanol–water partition coefficient (Wildman–Crippen LogP) is 1.22. The smallest absolute Gasteiger partial charge is 0.328 e. The van der Waals surface area contributed by atoms with Gasteiger partial charge in [0, 0.05) is 0 Å². The first kappa shape index (κ1) is 13.1. The topological polar surface area (TPSA) is 58.6 Å². The second kappa shape index (κ2) is 5.37. The number of carboxylic acids is 1. The van der Waals surface area contributed by atoms with Crippen LogP contribution in [0.25, 0.3) is 0 Å². The second-order valence-electron chi connectivity index (χ2n) is 3.72. The van der Waals surface area contributed by atoms with Crippen molar-refractivity contribution >= 4 is 5.97 Å². The SMILES string of the molecule is C#CCNC(C)(C(=O)O)c1ccc(OC)cc1. The average Bonchev–Trinajstić information content (AvgIpc) is 2.35. The van der Waals surface area contributed by atoms with E-state index in [2.05, 4.69) is 11.2 Å². The Labute approximate surface area is 101 Å². The van der Waals surface area contributed by atoms with Gasteiger partial charge >= 0.3 is 5.97 Å². The fraction of sp³-hybridized carbons (Fsp3) is 0.308. The van der Waals surface area contributed by atoms with Crippen molar-refractivity contribution in [3.8, 4) is 18.1 Å². The lowest BCUT2D eigenvalue weighted by Gasteiger charge is -2.26. The molecule has 0 amide bonds. The molecule has 1 atom stereocenters. The molecule has 0 bridgehead atoms. The van der Waals surface area contributed by atoms with Gasteiger partial charge in [0.1, 0.15) is 11.3 Å². The number of aliphatic carboxylic acids is 1. The van der Waals surface area contributed by atoms with Crippen molar-refractivity contribution in [2.45, 2.75) is 12.5 Å². The molecule has 1 aromatic carbocycles. The second-order valence-corrected chi connectivity index (χ2v) is 3.72. The Kier molecular flexibility index (Phi) is 4.13. The van der Waals surface area contributed by atoms with Crippen molar-refractivity contribution in [3.05, 3.63) is 29.8 Å². The summed E-state index contributed by atoms with van der Waals surface area (Å²) in [4.78, 5) is 11.3.